The van der Waals surface area contributed by atoms with E-state index < -0.39 is 9.53 Å². The molecule has 0 fully saturated rings. The van der Waals surface area contributed by atoms with Crippen LogP contribution in [0, 0.1) is 0 Å². The van der Waals surface area contributed by atoms with Crippen LogP contribution in [0.5, 0.6) is 0 Å². The van der Waals surface area contributed by atoms with E-state index in [1.54, 1.807) is 0 Å². The average molecular weight is 165 g/mol. The second-order valence-corrected chi connectivity index (χ2v) is 2.57. The first-order valence-corrected chi connectivity index (χ1v) is 4.36. The molecule has 0 heterocycles. The van der Waals surface area contributed by atoms with Gasteiger partial charge in [0.25, 0.3) is 0 Å². The van der Waals surface area contributed by atoms with Crippen molar-refractivity contribution >= 4 is 9.53 Å². The van der Waals surface area contributed by atoms with Crippen LogP contribution < -0.4 is 11.1 Å². The Morgan fingerprint density at radius 2 is 2.20 bits per heavy atom. The third-order valence-electron chi connectivity index (χ3n) is 0.861. The zero-order valence-corrected chi connectivity index (χ0v) is 6.71. The summed E-state index contributed by atoms with van der Waals surface area (Å²) in [5.74, 6) is 0. The van der Waals surface area contributed by atoms with Crippen LogP contribution in [0.15, 0.2) is 0 Å². The van der Waals surface area contributed by atoms with Gasteiger partial charge in [0.15, 0.2) is 0 Å². The van der Waals surface area contributed by atoms with Crippen LogP contribution in [0.1, 0.15) is 6.42 Å². The van der Waals surface area contributed by atoms with E-state index in [0.29, 0.717) is 6.54 Å². The Kier molecular flexibility index (Phi) is 7.14. The van der Waals surface area contributed by atoms with Gasteiger partial charge in [-0.3, -0.25) is 5.32 Å². The summed E-state index contributed by atoms with van der Waals surface area (Å²) >= 11 is 0. The SMILES string of the molecule is NCCCNCO[Si](O)O. The van der Waals surface area contributed by atoms with Gasteiger partial charge in [0.2, 0.25) is 0 Å². The quantitative estimate of drug-likeness (QED) is 0.205. The summed E-state index contributed by atoms with van der Waals surface area (Å²) in [5, 5.41) is 2.82. The predicted octanol–water partition coefficient (Wildman–Crippen LogP) is -2.13. The van der Waals surface area contributed by atoms with Crippen molar-refractivity contribution in [2.75, 3.05) is 19.8 Å². The molecule has 0 aliphatic heterocycles. The minimum Gasteiger partial charge on any atom is -0.387 e. The van der Waals surface area contributed by atoms with Crippen LogP contribution >= 0.6 is 0 Å². The Morgan fingerprint density at radius 3 is 2.70 bits per heavy atom. The fourth-order valence-corrected chi connectivity index (χ4v) is 0.646. The Balaban J connectivity index is 2.77. The molecule has 0 spiro atoms. The van der Waals surface area contributed by atoms with Gasteiger partial charge in [-0.2, -0.15) is 0 Å². The normalized spacial score (nSPS) is 10.8. The number of hydrogen-bond acceptors (Lipinski definition) is 5. The van der Waals surface area contributed by atoms with Gasteiger partial charge < -0.3 is 19.8 Å². The molecule has 0 atom stereocenters. The Labute approximate surface area is 61.8 Å². The van der Waals surface area contributed by atoms with Crippen LogP contribution in [0.3, 0.4) is 0 Å². The summed E-state index contributed by atoms with van der Waals surface area (Å²) in [6.07, 6.45) is 0.863. The molecular formula is C4H13N2O3Si. The lowest BCUT2D eigenvalue weighted by Gasteiger charge is -2.03. The first kappa shape index (κ1) is 10.0. The molecule has 6 heteroatoms. The van der Waals surface area contributed by atoms with Crippen molar-refractivity contribution in [3.63, 3.8) is 0 Å². The van der Waals surface area contributed by atoms with Gasteiger partial charge in [-0.25, -0.2) is 0 Å². The van der Waals surface area contributed by atoms with Crippen LogP contribution in [0.4, 0.5) is 0 Å². The second kappa shape index (κ2) is 7.13. The molecule has 0 amide bonds. The Hall–Kier alpha value is 0.0169. The molecule has 61 valence electrons. The number of rotatable bonds is 6. The van der Waals surface area contributed by atoms with Crippen LogP contribution in [-0.4, -0.2) is 38.9 Å². The molecule has 10 heavy (non-hydrogen) atoms. The van der Waals surface area contributed by atoms with Gasteiger partial charge in [0, 0.05) is 0 Å². The molecule has 0 aliphatic rings. The first-order chi connectivity index (χ1) is 4.77. The zero-order valence-electron chi connectivity index (χ0n) is 5.71. The average Bonchev–Trinajstić information content (AvgIpc) is 1.87. The Morgan fingerprint density at radius 1 is 1.50 bits per heavy atom. The molecule has 5 N–H and O–H groups in total. The highest BCUT2D eigenvalue weighted by atomic mass is 28.3. The highest BCUT2D eigenvalue weighted by Gasteiger charge is 2.03. The zero-order chi connectivity index (χ0) is 7.82. The molecule has 0 saturated carbocycles. The van der Waals surface area contributed by atoms with Gasteiger partial charge in [0.05, 0.1) is 6.73 Å². The maximum Gasteiger partial charge on any atom is 0.572 e. The van der Waals surface area contributed by atoms with Crippen molar-refractivity contribution < 1.29 is 14.0 Å². The lowest BCUT2D eigenvalue weighted by atomic mass is 10.4. The molecule has 0 saturated heterocycles. The van der Waals surface area contributed by atoms with Gasteiger partial charge >= 0.3 is 9.53 Å². The van der Waals surface area contributed by atoms with E-state index >= 15 is 0 Å². The minimum absolute atomic E-state index is 0.182. The Bertz CT molecular complexity index is 73.5. The van der Waals surface area contributed by atoms with Crippen molar-refractivity contribution in [1.82, 2.24) is 5.32 Å². The first-order valence-electron chi connectivity index (χ1n) is 3.06. The minimum atomic E-state index is -2.52. The monoisotopic (exact) mass is 165 g/mol. The molecule has 0 aliphatic carbocycles. The third kappa shape index (κ3) is 8.02. The van der Waals surface area contributed by atoms with Crippen LogP contribution in [-0.2, 0) is 4.43 Å². The lowest BCUT2D eigenvalue weighted by molar-refractivity contribution is 0.171. The smallest absolute Gasteiger partial charge is 0.387 e. The fraction of sp³-hybridized carbons (Fsp3) is 1.00. The van der Waals surface area contributed by atoms with E-state index in [2.05, 4.69) is 9.74 Å². The molecule has 0 bridgehead atoms. The third-order valence-corrected chi connectivity index (χ3v) is 1.26. The summed E-state index contributed by atoms with van der Waals surface area (Å²) in [6.45, 7) is 1.55. The van der Waals surface area contributed by atoms with E-state index in [4.69, 9.17) is 15.3 Å². The fourth-order valence-electron chi connectivity index (χ4n) is 0.415. The highest BCUT2D eigenvalue weighted by Crippen LogP contribution is 1.73. The van der Waals surface area contributed by atoms with Crippen molar-refractivity contribution in [3.8, 4) is 0 Å². The molecule has 0 aromatic carbocycles. The summed E-state index contributed by atoms with van der Waals surface area (Å²) in [7, 11) is -2.52. The van der Waals surface area contributed by atoms with E-state index in [1.165, 1.54) is 0 Å². The largest absolute Gasteiger partial charge is 0.572 e. The highest BCUT2D eigenvalue weighted by molar-refractivity contribution is 6.32. The summed E-state index contributed by atoms with van der Waals surface area (Å²) in [6, 6.07) is 0. The number of hydrogen-bond donors (Lipinski definition) is 4. The summed E-state index contributed by atoms with van der Waals surface area (Å²) < 4.78 is 4.45. The van der Waals surface area contributed by atoms with E-state index in [9.17, 15) is 0 Å². The number of nitrogens with one attached hydrogen (secondary N) is 1. The maximum absolute atomic E-state index is 8.28. The molecular weight excluding hydrogens is 152 g/mol. The maximum atomic E-state index is 8.28. The molecule has 0 unspecified atom stereocenters. The van der Waals surface area contributed by atoms with Crippen LogP contribution in [0.25, 0.3) is 0 Å². The van der Waals surface area contributed by atoms with Crippen molar-refractivity contribution in [2.24, 2.45) is 5.73 Å². The summed E-state index contributed by atoms with van der Waals surface area (Å²) in [4.78, 5) is 16.6. The lowest BCUT2D eigenvalue weighted by Crippen LogP contribution is -2.27. The van der Waals surface area contributed by atoms with E-state index in [1.807, 2.05) is 0 Å². The standard InChI is InChI=1S/C4H13N2O3Si/c5-2-1-3-6-4-9-10(7)8/h6-8H,1-5H2. The summed E-state index contributed by atoms with van der Waals surface area (Å²) in [5.41, 5.74) is 5.20. The molecule has 0 aromatic heterocycles. The second-order valence-electron chi connectivity index (χ2n) is 1.71. The van der Waals surface area contributed by atoms with Gasteiger partial charge in [-0.15, -0.1) is 0 Å². The van der Waals surface area contributed by atoms with Crippen molar-refractivity contribution in [1.29, 1.82) is 0 Å². The molecule has 0 aromatic rings. The predicted molar refractivity (Wildman–Crippen MR) is 37.8 cm³/mol. The topological polar surface area (TPSA) is 87.7 Å². The van der Waals surface area contributed by atoms with Crippen LogP contribution in [0.2, 0.25) is 0 Å². The van der Waals surface area contributed by atoms with E-state index in [0.717, 1.165) is 13.0 Å². The van der Waals surface area contributed by atoms with Gasteiger partial charge in [-0.1, -0.05) is 0 Å². The molecule has 1 radical (unpaired) electrons. The van der Waals surface area contributed by atoms with E-state index in [-0.39, 0.29) is 6.73 Å². The van der Waals surface area contributed by atoms with Gasteiger partial charge in [0.1, 0.15) is 0 Å². The van der Waals surface area contributed by atoms with Crippen molar-refractivity contribution in [3.05, 3.63) is 0 Å². The van der Waals surface area contributed by atoms with Gasteiger partial charge in [-0.05, 0) is 19.5 Å². The number of nitrogens with two attached hydrogens (primary N) is 1. The molecule has 0 rings (SSSR count). The van der Waals surface area contributed by atoms with Crippen molar-refractivity contribution in [2.45, 2.75) is 6.42 Å². The molecule has 5 nitrogen and oxygen atoms in total.